The number of benzene rings is 3. The normalized spacial score (nSPS) is 19.6. The molecular formula is C31H34FN3O2. The van der Waals surface area contributed by atoms with Crippen LogP contribution in [0.5, 0.6) is 11.5 Å². The molecule has 3 aromatic carbocycles. The summed E-state index contributed by atoms with van der Waals surface area (Å²) < 4.78 is 26.5. The summed E-state index contributed by atoms with van der Waals surface area (Å²) in [7, 11) is 1.54. The van der Waals surface area contributed by atoms with Crippen LogP contribution in [0, 0.1) is 22.6 Å². The second kappa shape index (κ2) is 9.66. The molecule has 0 bridgehead atoms. The van der Waals surface area contributed by atoms with Crippen LogP contribution in [-0.2, 0) is 18.4 Å². The second-order valence-corrected chi connectivity index (χ2v) is 10.6. The van der Waals surface area contributed by atoms with Crippen molar-refractivity contribution in [2.24, 2.45) is 5.92 Å². The van der Waals surface area contributed by atoms with Crippen molar-refractivity contribution in [1.29, 1.82) is 10.8 Å². The number of ether oxygens (including phenoxy) is 2. The van der Waals surface area contributed by atoms with E-state index >= 15 is 0 Å². The molecule has 6 heteroatoms. The molecule has 3 aromatic rings. The SMILES string of the molecule is COc1ccc(F)c(-c2ccc(COc3ccc4c(c3)C3(CC4)CC3C)cc2C(=N)N(C=N)C(C)C)c1. The largest absolute Gasteiger partial charge is 0.497 e. The van der Waals surface area contributed by atoms with Gasteiger partial charge >= 0.3 is 0 Å². The van der Waals surface area contributed by atoms with Gasteiger partial charge in [-0.1, -0.05) is 25.1 Å². The number of fused-ring (bicyclic) bond motifs is 2. The molecular weight excluding hydrogens is 465 g/mol. The number of aryl methyl sites for hydroxylation is 1. The molecule has 0 radical (unpaired) electrons. The molecule has 1 saturated carbocycles. The zero-order chi connectivity index (χ0) is 26.3. The van der Waals surface area contributed by atoms with Gasteiger partial charge in [-0.2, -0.15) is 0 Å². The van der Waals surface area contributed by atoms with E-state index < -0.39 is 5.82 Å². The summed E-state index contributed by atoms with van der Waals surface area (Å²) in [5.74, 6) is 1.85. The summed E-state index contributed by atoms with van der Waals surface area (Å²) in [6, 6.07) is 16.5. The average Bonchev–Trinajstić information content (AvgIpc) is 3.42. The van der Waals surface area contributed by atoms with Crippen molar-refractivity contribution in [2.75, 3.05) is 7.11 Å². The maximum absolute atomic E-state index is 14.9. The van der Waals surface area contributed by atoms with Crippen LogP contribution in [0.1, 0.15) is 55.9 Å². The van der Waals surface area contributed by atoms with Crippen molar-refractivity contribution in [2.45, 2.75) is 58.1 Å². The molecule has 2 atom stereocenters. The van der Waals surface area contributed by atoms with Gasteiger partial charge in [-0.05, 0) is 103 Å². The summed E-state index contributed by atoms with van der Waals surface area (Å²) in [6.07, 6.45) is 4.78. The van der Waals surface area contributed by atoms with Crippen molar-refractivity contribution >= 4 is 12.2 Å². The summed E-state index contributed by atoms with van der Waals surface area (Å²) in [4.78, 5) is 1.55. The Morgan fingerprint density at radius 3 is 2.54 bits per heavy atom. The first kappa shape index (κ1) is 25.0. The molecule has 1 fully saturated rings. The third kappa shape index (κ3) is 4.50. The second-order valence-electron chi connectivity index (χ2n) is 10.6. The fourth-order valence-corrected chi connectivity index (χ4v) is 5.76. The van der Waals surface area contributed by atoms with E-state index in [-0.39, 0.29) is 11.9 Å². The summed E-state index contributed by atoms with van der Waals surface area (Å²) >= 11 is 0. The van der Waals surface area contributed by atoms with Crippen LogP contribution < -0.4 is 9.47 Å². The van der Waals surface area contributed by atoms with E-state index in [1.807, 2.05) is 38.1 Å². The third-order valence-corrected chi connectivity index (χ3v) is 8.07. The number of hydrogen-bond donors (Lipinski definition) is 2. The first-order chi connectivity index (χ1) is 17.8. The zero-order valence-corrected chi connectivity index (χ0v) is 21.9. The Hall–Kier alpha value is -3.67. The van der Waals surface area contributed by atoms with Gasteiger partial charge in [0.2, 0.25) is 0 Å². The Labute approximate surface area is 218 Å². The number of nitrogens with zero attached hydrogens (tertiary/aromatic N) is 1. The number of hydrogen-bond acceptors (Lipinski definition) is 4. The molecule has 0 aliphatic heterocycles. The Morgan fingerprint density at radius 1 is 1.11 bits per heavy atom. The monoisotopic (exact) mass is 499 g/mol. The van der Waals surface area contributed by atoms with E-state index in [1.54, 1.807) is 24.1 Å². The van der Waals surface area contributed by atoms with Gasteiger partial charge in [0.05, 0.1) is 13.4 Å². The number of halogens is 1. The van der Waals surface area contributed by atoms with Gasteiger partial charge in [-0.3, -0.25) is 10.8 Å². The summed E-state index contributed by atoms with van der Waals surface area (Å²) in [5, 5.41) is 16.8. The first-order valence-corrected chi connectivity index (χ1v) is 12.9. The lowest BCUT2D eigenvalue weighted by atomic mass is 9.95. The van der Waals surface area contributed by atoms with E-state index in [0.717, 1.165) is 30.0 Å². The number of rotatable bonds is 8. The Morgan fingerprint density at radius 2 is 1.86 bits per heavy atom. The average molecular weight is 500 g/mol. The number of nitrogens with one attached hydrogen (secondary N) is 2. The number of methoxy groups -OCH3 is 1. The highest BCUT2D eigenvalue weighted by Gasteiger charge is 2.55. The molecule has 5 nitrogen and oxygen atoms in total. The molecule has 2 aliphatic rings. The van der Waals surface area contributed by atoms with Crippen molar-refractivity contribution < 1.29 is 13.9 Å². The topological polar surface area (TPSA) is 69.4 Å². The molecule has 1 spiro atoms. The van der Waals surface area contributed by atoms with Crippen LogP contribution in [0.25, 0.3) is 11.1 Å². The first-order valence-electron chi connectivity index (χ1n) is 12.9. The molecule has 2 aliphatic carbocycles. The van der Waals surface area contributed by atoms with E-state index in [1.165, 1.54) is 30.0 Å². The zero-order valence-electron chi connectivity index (χ0n) is 21.9. The van der Waals surface area contributed by atoms with Gasteiger partial charge in [0, 0.05) is 17.2 Å². The smallest absolute Gasteiger partial charge is 0.134 e. The molecule has 2 N–H and O–H groups in total. The van der Waals surface area contributed by atoms with Crippen molar-refractivity contribution in [3.05, 3.63) is 82.7 Å². The fraction of sp³-hybridized carbons (Fsp3) is 0.355. The standard InChI is InChI=1S/C31H34FN3O2/c1-19(2)35(18-33)30(34)27-13-21(5-9-25(27)26-14-23(36-4)8-10-29(26)32)17-37-24-7-6-22-11-12-31(16-20(31)3)28(22)15-24/h5-10,13-15,18-20,33-34H,11-12,16-17H2,1-4H3. The fourth-order valence-electron chi connectivity index (χ4n) is 5.76. The predicted molar refractivity (Wildman–Crippen MR) is 146 cm³/mol. The lowest BCUT2D eigenvalue weighted by Gasteiger charge is -2.26. The van der Waals surface area contributed by atoms with E-state index in [0.29, 0.717) is 34.5 Å². The van der Waals surface area contributed by atoms with Crippen LogP contribution >= 0.6 is 0 Å². The maximum atomic E-state index is 14.9. The lowest BCUT2D eigenvalue weighted by Crippen LogP contribution is -2.35. The third-order valence-electron chi connectivity index (χ3n) is 8.07. The van der Waals surface area contributed by atoms with E-state index in [2.05, 4.69) is 19.1 Å². The molecule has 37 heavy (non-hydrogen) atoms. The van der Waals surface area contributed by atoms with Crippen molar-refractivity contribution in [3.8, 4) is 22.6 Å². The van der Waals surface area contributed by atoms with Crippen LogP contribution in [0.15, 0.2) is 54.6 Å². The highest BCUT2D eigenvalue weighted by Crippen LogP contribution is 2.61. The maximum Gasteiger partial charge on any atom is 0.134 e. The Bertz CT molecular complexity index is 1370. The Kier molecular flexibility index (Phi) is 6.52. The Balaban J connectivity index is 1.47. The molecule has 2 unspecified atom stereocenters. The van der Waals surface area contributed by atoms with E-state index in [9.17, 15) is 4.39 Å². The number of amidine groups is 1. The van der Waals surface area contributed by atoms with Crippen LogP contribution in [0.4, 0.5) is 4.39 Å². The van der Waals surface area contributed by atoms with Gasteiger partial charge in [-0.15, -0.1) is 0 Å². The van der Waals surface area contributed by atoms with Gasteiger partial charge < -0.3 is 14.4 Å². The van der Waals surface area contributed by atoms with Crippen molar-refractivity contribution in [3.63, 3.8) is 0 Å². The molecule has 0 saturated heterocycles. The highest BCUT2D eigenvalue weighted by molar-refractivity contribution is 6.07. The predicted octanol–water partition coefficient (Wildman–Crippen LogP) is 6.95. The quantitative estimate of drug-likeness (QED) is 0.260. The van der Waals surface area contributed by atoms with Gasteiger partial charge in [0.1, 0.15) is 29.8 Å². The van der Waals surface area contributed by atoms with Gasteiger partial charge in [-0.25, -0.2) is 4.39 Å². The molecule has 0 aromatic heterocycles. The molecule has 5 rings (SSSR count). The molecule has 0 amide bonds. The molecule has 0 heterocycles. The molecule has 192 valence electrons. The van der Waals surface area contributed by atoms with Crippen LogP contribution in [0.2, 0.25) is 0 Å². The highest BCUT2D eigenvalue weighted by atomic mass is 19.1. The lowest BCUT2D eigenvalue weighted by molar-refractivity contribution is 0.305. The van der Waals surface area contributed by atoms with E-state index in [4.69, 9.17) is 20.3 Å². The van der Waals surface area contributed by atoms with Gasteiger partial charge in [0.25, 0.3) is 0 Å². The van der Waals surface area contributed by atoms with Gasteiger partial charge in [0.15, 0.2) is 0 Å². The minimum absolute atomic E-state index is 0.100. The summed E-state index contributed by atoms with van der Waals surface area (Å²) in [5.41, 5.74) is 5.56. The summed E-state index contributed by atoms with van der Waals surface area (Å²) in [6.45, 7) is 6.49. The minimum atomic E-state index is -0.397. The van der Waals surface area contributed by atoms with Crippen molar-refractivity contribution in [1.82, 2.24) is 4.90 Å². The van der Waals surface area contributed by atoms with Crippen LogP contribution in [0.3, 0.4) is 0 Å². The van der Waals surface area contributed by atoms with Crippen LogP contribution in [-0.4, -0.2) is 30.2 Å². The minimum Gasteiger partial charge on any atom is -0.497 e.